The van der Waals surface area contributed by atoms with Gasteiger partial charge < -0.3 is 20.1 Å². The molecule has 0 saturated heterocycles. The van der Waals surface area contributed by atoms with Crippen LogP contribution in [0.3, 0.4) is 0 Å². The molecule has 0 radical (unpaired) electrons. The number of nitrogens with two attached hydrogens (primary N) is 1. The topological polar surface area (TPSA) is 107 Å². The van der Waals surface area contributed by atoms with Crippen LogP contribution in [0.2, 0.25) is 0 Å². The van der Waals surface area contributed by atoms with Crippen molar-refractivity contribution in [3.05, 3.63) is 62.2 Å². The zero-order valence-electron chi connectivity index (χ0n) is 17.3. The van der Waals surface area contributed by atoms with Gasteiger partial charge in [-0.2, -0.15) is 0 Å². The molecule has 0 amide bonds. The van der Waals surface area contributed by atoms with E-state index in [9.17, 15) is 19.1 Å². The van der Waals surface area contributed by atoms with E-state index >= 15 is 0 Å². The van der Waals surface area contributed by atoms with E-state index < -0.39 is 11.6 Å². The Bertz CT molecular complexity index is 1400. The van der Waals surface area contributed by atoms with Crippen LogP contribution in [0.1, 0.15) is 53.6 Å². The van der Waals surface area contributed by atoms with Crippen LogP contribution in [-0.4, -0.2) is 20.6 Å². The fraction of sp³-hybridized carbons (Fsp3) is 0.348. The van der Waals surface area contributed by atoms with Crippen LogP contribution >= 0.6 is 12.4 Å². The van der Waals surface area contributed by atoms with Crippen LogP contribution < -0.4 is 11.3 Å². The second-order valence-corrected chi connectivity index (χ2v) is 8.56. The molecule has 1 unspecified atom stereocenters. The quantitative estimate of drug-likeness (QED) is 0.425. The number of hydrogen-bond acceptors (Lipinski definition) is 6. The number of ether oxygens (including phenoxy) is 1. The zero-order chi connectivity index (χ0) is 21.7. The van der Waals surface area contributed by atoms with E-state index in [1.54, 1.807) is 17.6 Å². The summed E-state index contributed by atoms with van der Waals surface area (Å²) in [5.41, 5.74) is 8.99. The number of carbonyl (C=O) groups is 1. The van der Waals surface area contributed by atoms with Gasteiger partial charge in [0.25, 0.3) is 5.56 Å². The maximum atomic E-state index is 14.3. The van der Waals surface area contributed by atoms with Crippen molar-refractivity contribution < 1.29 is 19.0 Å². The monoisotopic (exact) mass is 457 g/mol. The number of esters is 1. The van der Waals surface area contributed by atoms with Crippen LogP contribution in [0.5, 0.6) is 0 Å². The number of pyridine rings is 2. The standard InChI is InChI=1S/C23H20FN3O4.ClH/c1-2-23(30)14-7-17-20-12(8-27(17)21(28)13(14)9-31-22(23)29)19-15(25)4-3-10-5-11(24)6-16(26-20)18(10)19;/h5-7,15,30H,2-4,8-9,25H2,1H3;1H/t15?,23-;/m0./s1. The molecule has 2 atom stereocenters. The molecule has 0 saturated carbocycles. The number of cyclic esters (lactones) is 1. The van der Waals surface area contributed by atoms with Crippen molar-refractivity contribution in [1.29, 1.82) is 0 Å². The molecule has 4 heterocycles. The van der Waals surface area contributed by atoms with Crippen molar-refractivity contribution in [3.8, 4) is 11.4 Å². The first-order valence-electron chi connectivity index (χ1n) is 10.4. The maximum Gasteiger partial charge on any atom is 0.343 e. The first-order valence-corrected chi connectivity index (χ1v) is 10.4. The van der Waals surface area contributed by atoms with Gasteiger partial charge in [-0.05, 0) is 42.5 Å². The number of benzene rings is 1. The number of rotatable bonds is 1. The number of carbonyl (C=O) groups excluding carboxylic acids is 1. The Morgan fingerprint density at radius 1 is 1.31 bits per heavy atom. The third-order valence-electron chi connectivity index (χ3n) is 6.97. The molecule has 1 aromatic carbocycles. The van der Waals surface area contributed by atoms with Crippen molar-refractivity contribution in [2.45, 2.75) is 51.0 Å². The molecule has 3 aromatic rings. The Morgan fingerprint density at radius 2 is 2.09 bits per heavy atom. The van der Waals surface area contributed by atoms with E-state index in [0.29, 0.717) is 29.7 Å². The molecule has 9 heteroatoms. The molecular weight excluding hydrogens is 437 g/mol. The predicted molar refractivity (Wildman–Crippen MR) is 117 cm³/mol. The van der Waals surface area contributed by atoms with Crippen molar-refractivity contribution in [2.75, 3.05) is 0 Å². The largest absolute Gasteiger partial charge is 0.458 e. The lowest BCUT2D eigenvalue weighted by Crippen LogP contribution is -2.44. The highest BCUT2D eigenvalue weighted by atomic mass is 35.5. The lowest BCUT2D eigenvalue weighted by Gasteiger charge is -2.31. The Morgan fingerprint density at radius 3 is 2.84 bits per heavy atom. The molecule has 2 aromatic heterocycles. The Hall–Kier alpha value is -2.81. The van der Waals surface area contributed by atoms with Gasteiger partial charge in [0, 0.05) is 28.6 Å². The number of fused-ring (bicyclic) bond motifs is 5. The zero-order valence-corrected chi connectivity index (χ0v) is 18.1. The van der Waals surface area contributed by atoms with Crippen LogP contribution in [0.15, 0.2) is 23.0 Å². The summed E-state index contributed by atoms with van der Waals surface area (Å²) in [5.74, 6) is -1.12. The highest BCUT2D eigenvalue weighted by Crippen LogP contribution is 2.44. The molecule has 7 nitrogen and oxygen atoms in total. The molecule has 3 aliphatic rings. The van der Waals surface area contributed by atoms with Crippen LogP contribution in [-0.2, 0) is 34.7 Å². The van der Waals surface area contributed by atoms with E-state index in [0.717, 1.165) is 22.1 Å². The highest BCUT2D eigenvalue weighted by Gasteiger charge is 2.45. The summed E-state index contributed by atoms with van der Waals surface area (Å²) < 4.78 is 20.9. The second kappa shape index (κ2) is 6.84. The van der Waals surface area contributed by atoms with Gasteiger partial charge in [-0.25, -0.2) is 14.2 Å². The van der Waals surface area contributed by atoms with Crippen molar-refractivity contribution in [3.63, 3.8) is 0 Å². The fourth-order valence-corrected chi connectivity index (χ4v) is 5.36. The average Bonchev–Trinajstić information content (AvgIpc) is 3.11. The van der Waals surface area contributed by atoms with E-state index in [4.69, 9.17) is 15.5 Å². The molecule has 6 rings (SSSR count). The van der Waals surface area contributed by atoms with Crippen molar-refractivity contribution in [2.24, 2.45) is 5.73 Å². The van der Waals surface area contributed by atoms with Crippen molar-refractivity contribution in [1.82, 2.24) is 9.55 Å². The fourth-order valence-electron chi connectivity index (χ4n) is 5.36. The highest BCUT2D eigenvalue weighted by molar-refractivity contribution is 5.92. The number of aryl methyl sites for hydroxylation is 1. The lowest BCUT2D eigenvalue weighted by atomic mass is 9.83. The number of halogens is 2. The smallest absolute Gasteiger partial charge is 0.343 e. The van der Waals surface area contributed by atoms with Gasteiger partial charge in [-0.1, -0.05) is 6.92 Å². The minimum atomic E-state index is -1.88. The molecule has 32 heavy (non-hydrogen) atoms. The third kappa shape index (κ3) is 2.51. The van der Waals surface area contributed by atoms with E-state index in [1.165, 1.54) is 12.1 Å². The normalized spacial score (nSPS) is 22.6. The minimum Gasteiger partial charge on any atom is -0.458 e. The van der Waals surface area contributed by atoms with E-state index in [-0.39, 0.29) is 60.5 Å². The summed E-state index contributed by atoms with van der Waals surface area (Å²) in [6.45, 7) is 1.77. The lowest BCUT2D eigenvalue weighted by molar-refractivity contribution is -0.172. The molecule has 2 aliphatic heterocycles. The molecule has 0 bridgehead atoms. The van der Waals surface area contributed by atoms with Gasteiger partial charge in [-0.3, -0.25) is 4.79 Å². The maximum absolute atomic E-state index is 14.3. The predicted octanol–water partition coefficient (Wildman–Crippen LogP) is 2.59. The van der Waals surface area contributed by atoms with Gasteiger partial charge in [0.2, 0.25) is 0 Å². The third-order valence-corrected chi connectivity index (χ3v) is 6.97. The number of hydrogen-bond donors (Lipinski definition) is 2. The Balaban J connectivity index is 0.00000216. The summed E-state index contributed by atoms with van der Waals surface area (Å²) in [4.78, 5) is 30.4. The van der Waals surface area contributed by atoms with Gasteiger partial charge in [-0.15, -0.1) is 12.4 Å². The molecular formula is C23H21ClFN3O4. The number of nitrogens with zero attached hydrogens (tertiary/aromatic N) is 2. The minimum absolute atomic E-state index is 0. The van der Waals surface area contributed by atoms with E-state index in [2.05, 4.69) is 0 Å². The number of aromatic nitrogens is 2. The van der Waals surface area contributed by atoms with E-state index in [1.807, 2.05) is 0 Å². The molecule has 0 spiro atoms. The average molecular weight is 458 g/mol. The molecule has 1 aliphatic carbocycles. The van der Waals surface area contributed by atoms with Crippen LogP contribution in [0, 0.1) is 5.82 Å². The van der Waals surface area contributed by atoms with Gasteiger partial charge in [0.1, 0.15) is 12.4 Å². The van der Waals surface area contributed by atoms with Crippen LogP contribution in [0.25, 0.3) is 22.3 Å². The Kier molecular flexibility index (Phi) is 4.50. The van der Waals surface area contributed by atoms with Gasteiger partial charge >= 0.3 is 5.97 Å². The molecule has 0 fully saturated rings. The molecule has 166 valence electrons. The summed E-state index contributed by atoms with van der Waals surface area (Å²) in [7, 11) is 0. The first-order chi connectivity index (χ1) is 14.8. The van der Waals surface area contributed by atoms with Crippen LogP contribution in [0.4, 0.5) is 4.39 Å². The van der Waals surface area contributed by atoms with Crippen molar-refractivity contribution >= 4 is 29.3 Å². The van der Waals surface area contributed by atoms with Gasteiger partial charge in [0.05, 0.1) is 29.0 Å². The summed E-state index contributed by atoms with van der Waals surface area (Å²) in [5, 5.41) is 11.9. The second-order valence-electron chi connectivity index (χ2n) is 8.56. The SMILES string of the molecule is CC[C@@]1(O)C(=O)OCc2c1cc1n(c2=O)Cc2c-1nc1cc(F)cc3c1c2C(N)CC3.Cl. The summed E-state index contributed by atoms with van der Waals surface area (Å²) in [6.07, 6.45) is 1.43. The summed E-state index contributed by atoms with van der Waals surface area (Å²) in [6, 6.07) is 4.34. The van der Waals surface area contributed by atoms with Gasteiger partial charge in [0.15, 0.2) is 5.60 Å². The number of aliphatic hydroxyl groups is 1. The molecule has 3 N–H and O–H groups in total. The Labute approximate surface area is 188 Å². The summed E-state index contributed by atoms with van der Waals surface area (Å²) >= 11 is 0. The first kappa shape index (κ1) is 21.1.